The molecule has 1 aromatic rings. The standard InChI is InChI=1S/C14H22ClNOS/c1-4-11(2)18-14-12(6-5-7-13(14)15)10-16-8-9-17-3/h5-7,11,16H,4,8-10H2,1-3H3. The largest absolute Gasteiger partial charge is 0.383 e. The van der Waals surface area contributed by atoms with E-state index in [0.29, 0.717) is 5.25 Å². The van der Waals surface area contributed by atoms with Crippen LogP contribution in [0.2, 0.25) is 5.02 Å². The van der Waals surface area contributed by atoms with Crippen LogP contribution in [0.3, 0.4) is 0 Å². The van der Waals surface area contributed by atoms with Gasteiger partial charge >= 0.3 is 0 Å². The van der Waals surface area contributed by atoms with Gasteiger partial charge in [-0.25, -0.2) is 0 Å². The van der Waals surface area contributed by atoms with E-state index in [0.717, 1.165) is 31.1 Å². The summed E-state index contributed by atoms with van der Waals surface area (Å²) < 4.78 is 5.02. The normalized spacial score (nSPS) is 12.7. The molecule has 0 bridgehead atoms. The summed E-state index contributed by atoms with van der Waals surface area (Å²) >= 11 is 8.15. The van der Waals surface area contributed by atoms with Crippen LogP contribution in [0, 0.1) is 0 Å². The van der Waals surface area contributed by atoms with E-state index in [-0.39, 0.29) is 0 Å². The average molecular weight is 288 g/mol. The van der Waals surface area contributed by atoms with Crippen molar-refractivity contribution in [1.82, 2.24) is 5.32 Å². The third kappa shape index (κ3) is 5.19. The fourth-order valence-electron chi connectivity index (χ4n) is 1.51. The van der Waals surface area contributed by atoms with Gasteiger partial charge in [-0.3, -0.25) is 0 Å². The number of hydrogen-bond acceptors (Lipinski definition) is 3. The number of halogens is 1. The molecular weight excluding hydrogens is 266 g/mol. The highest BCUT2D eigenvalue weighted by Crippen LogP contribution is 2.34. The number of nitrogens with one attached hydrogen (secondary N) is 1. The Morgan fingerprint density at radius 3 is 2.89 bits per heavy atom. The summed E-state index contributed by atoms with van der Waals surface area (Å²) in [6.45, 7) is 6.86. The summed E-state index contributed by atoms with van der Waals surface area (Å²) in [6.07, 6.45) is 1.15. The van der Waals surface area contributed by atoms with E-state index in [1.54, 1.807) is 7.11 Å². The van der Waals surface area contributed by atoms with Gasteiger partial charge in [0.05, 0.1) is 11.6 Å². The highest BCUT2D eigenvalue weighted by molar-refractivity contribution is 8.00. The van der Waals surface area contributed by atoms with Crippen molar-refractivity contribution in [2.45, 2.75) is 37.0 Å². The van der Waals surface area contributed by atoms with Crippen LogP contribution in [-0.2, 0) is 11.3 Å². The van der Waals surface area contributed by atoms with E-state index < -0.39 is 0 Å². The lowest BCUT2D eigenvalue weighted by atomic mass is 10.2. The summed E-state index contributed by atoms with van der Waals surface area (Å²) in [4.78, 5) is 1.21. The second kappa shape index (κ2) is 8.81. The maximum atomic E-state index is 6.30. The Morgan fingerprint density at radius 1 is 1.44 bits per heavy atom. The molecule has 1 N–H and O–H groups in total. The lowest BCUT2D eigenvalue weighted by Crippen LogP contribution is -2.19. The maximum Gasteiger partial charge on any atom is 0.0587 e. The SMILES string of the molecule is CCC(C)Sc1c(Cl)cccc1CNCCOC. The number of methoxy groups -OCH3 is 1. The topological polar surface area (TPSA) is 21.3 Å². The van der Waals surface area contributed by atoms with Crippen LogP contribution >= 0.6 is 23.4 Å². The minimum absolute atomic E-state index is 0.586. The lowest BCUT2D eigenvalue weighted by molar-refractivity contribution is 0.199. The monoisotopic (exact) mass is 287 g/mol. The van der Waals surface area contributed by atoms with Gasteiger partial charge in [0.2, 0.25) is 0 Å². The first kappa shape index (κ1) is 15.8. The Bertz CT molecular complexity index is 360. The van der Waals surface area contributed by atoms with Gasteiger partial charge in [-0.15, -0.1) is 11.8 Å². The molecule has 0 aliphatic carbocycles. The molecule has 4 heteroatoms. The van der Waals surface area contributed by atoms with Crippen molar-refractivity contribution < 1.29 is 4.74 Å². The van der Waals surface area contributed by atoms with Crippen LogP contribution in [0.25, 0.3) is 0 Å². The predicted octanol–water partition coefficient (Wildman–Crippen LogP) is 3.97. The minimum Gasteiger partial charge on any atom is -0.383 e. The molecular formula is C14H22ClNOS. The van der Waals surface area contributed by atoms with E-state index in [9.17, 15) is 0 Å². The maximum absolute atomic E-state index is 6.30. The Kier molecular flexibility index (Phi) is 7.75. The molecule has 0 saturated heterocycles. The van der Waals surface area contributed by atoms with E-state index >= 15 is 0 Å². The number of hydrogen-bond donors (Lipinski definition) is 1. The Morgan fingerprint density at radius 2 is 2.22 bits per heavy atom. The number of rotatable bonds is 8. The van der Waals surface area contributed by atoms with Gasteiger partial charge in [0.1, 0.15) is 0 Å². The predicted molar refractivity (Wildman–Crippen MR) is 80.6 cm³/mol. The molecule has 0 heterocycles. The molecule has 102 valence electrons. The van der Waals surface area contributed by atoms with Crippen molar-refractivity contribution in [2.24, 2.45) is 0 Å². The van der Waals surface area contributed by atoms with Crippen molar-refractivity contribution in [3.8, 4) is 0 Å². The van der Waals surface area contributed by atoms with Crippen molar-refractivity contribution in [3.63, 3.8) is 0 Å². The molecule has 0 fully saturated rings. The van der Waals surface area contributed by atoms with Gasteiger partial charge in [0.15, 0.2) is 0 Å². The highest BCUT2D eigenvalue weighted by atomic mass is 35.5. The second-order valence-electron chi connectivity index (χ2n) is 4.23. The first-order valence-electron chi connectivity index (χ1n) is 6.32. The van der Waals surface area contributed by atoms with E-state index in [4.69, 9.17) is 16.3 Å². The van der Waals surface area contributed by atoms with Crippen molar-refractivity contribution >= 4 is 23.4 Å². The van der Waals surface area contributed by atoms with E-state index in [1.807, 2.05) is 23.9 Å². The number of thioether (sulfide) groups is 1. The van der Waals surface area contributed by atoms with Gasteiger partial charge in [0, 0.05) is 30.3 Å². The molecule has 0 aliphatic rings. The third-order valence-corrected chi connectivity index (χ3v) is 4.62. The zero-order valence-electron chi connectivity index (χ0n) is 11.3. The molecule has 0 aliphatic heterocycles. The van der Waals surface area contributed by atoms with Gasteiger partial charge < -0.3 is 10.1 Å². The van der Waals surface area contributed by atoms with E-state index in [1.165, 1.54) is 10.5 Å². The Labute approximate surface area is 119 Å². The van der Waals surface area contributed by atoms with Gasteiger partial charge in [-0.2, -0.15) is 0 Å². The molecule has 2 nitrogen and oxygen atoms in total. The Balaban J connectivity index is 2.67. The number of benzene rings is 1. The Hall–Kier alpha value is -0.220. The van der Waals surface area contributed by atoms with Gasteiger partial charge in [-0.1, -0.05) is 37.6 Å². The van der Waals surface area contributed by atoms with Crippen LogP contribution in [0.4, 0.5) is 0 Å². The molecule has 0 aromatic heterocycles. The first-order chi connectivity index (χ1) is 8.69. The van der Waals surface area contributed by atoms with Crippen LogP contribution in [-0.4, -0.2) is 25.5 Å². The molecule has 0 spiro atoms. The van der Waals surface area contributed by atoms with Crippen LogP contribution in [0.1, 0.15) is 25.8 Å². The molecule has 18 heavy (non-hydrogen) atoms. The smallest absolute Gasteiger partial charge is 0.0587 e. The van der Waals surface area contributed by atoms with Crippen molar-refractivity contribution in [2.75, 3.05) is 20.3 Å². The molecule has 1 unspecified atom stereocenters. The zero-order valence-corrected chi connectivity index (χ0v) is 12.9. The van der Waals surface area contributed by atoms with Crippen LogP contribution < -0.4 is 5.32 Å². The minimum atomic E-state index is 0.586. The summed E-state index contributed by atoms with van der Waals surface area (Å²) in [7, 11) is 1.71. The summed E-state index contributed by atoms with van der Waals surface area (Å²) in [5.74, 6) is 0. The molecule has 1 aromatic carbocycles. The quantitative estimate of drug-likeness (QED) is 0.577. The summed E-state index contributed by atoms with van der Waals surface area (Å²) in [5.41, 5.74) is 1.27. The molecule has 1 atom stereocenters. The van der Waals surface area contributed by atoms with Gasteiger partial charge in [0.25, 0.3) is 0 Å². The average Bonchev–Trinajstić information content (AvgIpc) is 2.38. The summed E-state index contributed by atoms with van der Waals surface area (Å²) in [5, 5.41) is 4.80. The molecule has 0 saturated carbocycles. The zero-order chi connectivity index (χ0) is 13.4. The lowest BCUT2D eigenvalue weighted by Gasteiger charge is -2.15. The third-order valence-electron chi connectivity index (χ3n) is 2.74. The summed E-state index contributed by atoms with van der Waals surface area (Å²) in [6, 6.07) is 6.11. The van der Waals surface area contributed by atoms with Crippen LogP contribution in [0.15, 0.2) is 23.1 Å². The van der Waals surface area contributed by atoms with E-state index in [2.05, 4.69) is 25.2 Å². The van der Waals surface area contributed by atoms with Crippen LogP contribution in [0.5, 0.6) is 0 Å². The van der Waals surface area contributed by atoms with Crippen molar-refractivity contribution in [3.05, 3.63) is 28.8 Å². The second-order valence-corrected chi connectivity index (χ2v) is 6.09. The molecule has 1 rings (SSSR count). The first-order valence-corrected chi connectivity index (χ1v) is 7.58. The molecule has 0 radical (unpaired) electrons. The van der Waals surface area contributed by atoms with Crippen molar-refractivity contribution in [1.29, 1.82) is 0 Å². The molecule has 0 amide bonds. The number of ether oxygens (including phenoxy) is 1. The fourth-order valence-corrected chi connectivity index (χ4v) is 2.88. The fraction of sp³-hybridized carbons (Fsp3) is 0.571. The highest BCUT2D eigenvalue weighted by Gasteiger charge is 2.10. The van der Waals surface area contributed by atoms with Gasteiger partial charge in [-0.05, 0) is 18.1 Å².